The van der Waals surface area contributed by atoms with Gasteiger partial charge >= 0.3 is 0 Å². The van der Waals surface area contributed by atoms with Crippen LogP contribution in [0.2, 0.25) is 0 Å². The van der Waals surface area contributed by atoms with Crippen LogP contribution >= 0.6 is 0 Å². The van der Waals surface area contributed by atoms with Crippen molar-refractivity contribution in [1.29, 1.82) is 0 Å². The standard InChI is InChI=1S/C22H22FN5O2S/c1-15-9-16(14-28(15)31(29,30)19-4-2-3-18(23)10-19)13-27-8-7-21-22(27)6-5-20(26-21)17-11-24-25-12-17/h2-8,10-12,15-16H,9,13-14H2,1H3,(H,24,25)/t15-,16-/m1/s1. The zero-order valence-corrected chi connectivity index (χ0v) is 17.8. The first-order valence-electron chi connectivity index (χ1n) is 10.1. The van der Waals surface area contributed by atoms with E-state index in [4.69, 9.17) is 4.98 Å². The average Bonchev–Trinajstić information content (AvgIpc) is 3.49. The number of benzene rings is 1. The highest BCUT2D eigenvalue weighted by Gasteiger charge is 2.38. The smallest absolute Gasteiger partial charge is 0.243 e. The number of aromatic nitrogens is 4. The van der Waals surface area contributed by atoms with Gasteiger partial charge in [0.15, 0.2) is 0 Å². The molecule has 4 aromatic rings. The Bertz CT molecular complexity index is 1330. The lowest BCUT2D eigenvalue weighted by Crippen LogP contribution is -2.34. The number of hydrogen-bond acceptors (Lipinski definition) is 4. The first-order valence-corrected chi connectivity index (χ1v) is 11.6. The summed E-state index contributed by atoms with van der Waals surface area (Å²) in [5.41, 5.74) is 3.67. The van der Waals surface area contributed by atoms with Crippen molar-refractivity contribution < 1.29 is 12.8 Å². The summed E-state index contributed by atoms with van der Waals surface area (Å²) < 4.78 is 43.3. The fraction of sp³-hybridized carbons (Fsp3) is 0.273. The molecule has 1 fully saturated rings. The summed E-state index contributed by atoms with van der Waals surface area (Å²) in [6.07, 6.45) is 6.28. The largest absolute Gasteiger partial charge is 0.346 e. The Balaban J connectivity index is 1.36. The molecule has 1 aliphatic heterocycles. The van der Waals surface area contributed by atoms with E-state index in [1.807, 2.05) is 31.3 Å². The predicted octanol–water partition coefficient (Wildman–Crippen LogP) is 3.66. The normalized spacial score (nSPS) is 19.9. The van der Waals surface area contributed by atoms with Crippen LogP contribution in [0.4, 0.5) is 4.39 Å². The Kier molecular flexibility index (Phi) is 4.86. The summed E-state index contributed by atoms with van der Waals surface area (Å²) >= 11 is 0. The van der Waals surface area contributed by atoms with E-state index < -0.39 is 15.8 Å². The Morgan fingerprint density at radius 2 is 2.10 bits per heavy atom. The Morgan fingerprint density at radius 1 is 1.23 bits per heavy atom. The molecule has 0 aliphatic carbocycles. The second-order valence-electron chi connectivity index (χ2n) is 8.04. The summed E-state index contributed by atoms with van der Waals surface area (Å²) in [5.74, 6) is -0.395. The third kappa shape index (κ3) is 3.64. The van der Waals surface area contributed by atoms with E-state index in [0.29, 0.717) is 13.1 Å². The van der Waals surface area contributed by atoms with Crippen molar-refractivity contribution in [3.05, 3.63) is 66.9 Å². The van der Waals surface area contributed by atoms with E-state index in [1.54, 1.807) is 12.4 Å². The van der Waals surface area contributed by atoms with Crippen LogP contribution in [0.25, 0.3) is 22.3 Å². The maximum absolute atomic E-state index is 13.6. The second kappa shape index (κ2) is 7.58. The SMILES string of the molecule is C[C@@H]1C[C@H](Cn2ccc3nc(-c4cn[nH]c4)ccc32)CN1S(=O)(=O)c1cccc(F)c1. The third-order valence-electron chi connectivity index (χ3n) is 5.88. The van der Waals surface area contributed by atoms with Gasteiger partial charge in [0, 0.05) is 37.1 Å². The summed E-state index contributed by atoms with van der Waals surface area (Å²) in [7, 11) is -3.73. The van der Waals surface area contributed by atoms with Gasteiger partial charge in [-0.15, -0.1) is 0 Å². The van der Waals surface area contributed by atoms with Crippen molar-refractivity contribution in [2.24, 2.45) is 5.92 Å². The van der Waals surface area contributed by atoms with Crippen molar-refractivity contribution in [2.75, 3.05) is 6.54 Å². The number of nitrogens with zero attached hydrogens (tertiary/aromatic N) is 4. The summed E-state index contributed by atoms with van der Waals surface area (Å²) in [6.45, 7) is 3.00. The van der Waals surface area contributed by atoms with Crippen molar-refractivity contribution in [1.82, 2.24) is 24.1 Å². The molecule has 3 aromatic heterocycles. The molecule has 1 aromatic carbocycles. The number of sulfonamides is 1. The minimum Gasteiger partial charge on any atom is -0.346 e. The van der Waals surface area contributed by atoms with Gasteiger partial charge in [-0.3, -0.25) is 5.10 Å². The highest BCUT2D eigenvalue weighted by Crippen LogP contribution is 2.31. The fourth-order valence-corrected chi connectivity index (χ4v) is 6.15. The van der Waals surface area contributed by atoms with E-state index in [0.717, 1.165) is 34.8 Å². The van der Waals surface area contributed by atoms with Gasteiger partial charge in [0.1, 0.15) is 5.82 Å². The second-order valence-corrected chi connectivity index (χ2v) is 9.93. The molecule has 160 valence electrons. The molecule has 1 saturated heterocycles. The molecular formula is C22H22FN5O2S. The Hall–Kier alpha value is -3.04. The Labute approximate surface area is 179 Å². The molecular weight excluding hydrogens is 417 g/mol. The topological polar surface area (TPSA) is 83.9 Å². The lowest BCUT2D eigenvalue weighted by molar-refractivity contribution is 0.399. The lowest BCUT2D eigenvalue weighted by atomic mass is 10.1. The third-order valence-corrected chi connectivity index (χ3v) is 7.86. The summed E-state index contributed by atoms with van der Waals surface area (Å²) in [4.78, 5) is 4.71. The monoisotopic (exact) mass is 439 g/mol. The highest BCUT2D eigenvalue weighted by atomic mass is 32.2. The average molecular weight is 440 g/mol. The van der Waals surface area contributed by atoms with Crippen LogP contribution in [-0.2, 0) is 16.6 Å². The first-order chi connectivity index (χ1) is 14.9. The van der Waals surface area contributed by atoms with Gasteiger partial charge in [-0.25, -0.2) is 17.8 Å². The van der Waals surface area contributed by atoms with Gasteiger partial charge in [0.2, 0.25) is 10.0 Å². The number of halogens is 1. The number of nitrogens with one attached hydrogen (secondary N) is 1. The van der Waals surface area contributed by atoms with E-state index in [9.17, 15) is 12.8 Å². The zero-order valence-electron chi connectivity index (χ0n) is 16.9. The van der Waals surface area contributed by atoms with Gasteiger partial charge < -0.3 is 4.57 Å². The minimum absolute atomic E-state index is 0.00221. The first kappa shape index (κ1) is 19.9. The van der Waals surface area contributed by atoms with E-state index >= 15 is 0 Å². The molecule has 1 N–H and O–H groups in total. The maximum Gasteiger partial charge on any atom is 0.243 e. The number of H-pyrrole nitrogens is 1. The highest BCUT2D eigenvalue weighted by molar-refractivity contribution is 7.89. The molecule has 7 nitrogen and oxygen atoms in total. The predicted molar refractivity (Wildman–Crippen MR) is 115 cm³/mol. The van der Waals surface area contributed by atoms with Crippen molar-refractivity contribution in [3.8, 4) is 11.3 Å². The van der Waals surface area contributed by atoms with Crippen LogP contribution in [-0.4, -0.2) is 45.1 Å². The minimum atomic E-state index is -3.73. The molecule has 0 amide bonds. The molecule has 0 bridgehead atoms. The van der Waals surface area contributed by atoms with Gasteiger partial charge in [-0.05, 0) is 55.7 Å². The number of hydrogen-bond donors (Lipinski definition) is 1. The molecule has 0 saturated carbocycles. The number of aromatic amines is 1. The maximum atomic E-state index is 13.6. The van der Waals surface area contributed by atoms with Gasteiger partial charge in [-0.1, -0.05) is 6.07 Å². The van der Waals surface area contributed by atoms with Crippen molar-refractivity contribution in [3.63, 3.8) is 0 Å². The summed E-state index contributed by atoms with van der Waals surface area (Å²) in [5, 5.41) is 6.76. The molecule has 9 heteroatoms. The fourth-order valence-electron chi connectivity index (χ4n) is 4.40. The van der Waals surface area contributed by atoms with Crippen molar-refractivity contribution >= 4 is 21.1 Å². The van der Waals surface area contributed by atoms with E-state index in [2.05, 4.69) is 14.8 Å². The molecule has 0 radical (unpaired) electrons. The zero-order chi connectivity index (χ0) is 21.6. The molecule has 0 unspecified atom stereocenters. The number of rotatable bonds is 5. The lowest BCUT2D eigenvalue weighted by Gasteiger charge is -2.21. The van der Waals surface area contributed by atoms with Gasteiger partial charge in [-0.2, -0.15) is 9.40 Å². The molecule has 5 rings (SSSR count). The van der Waals surface area contributed by atoms with Crippen molar-refractivity contribution in [2.45, 2.75) is 30.8 Å². The molecule has 2 atom stereocenters. The van der Waals surface area contributed by atoms with Crippen LogP contribution in [0.3, 0.4) is 0 Å². The van der Waals surface area contributed by atoms with Crippen LogP contribution < -0.4 is 0 Å². The van der Waals surface area contributed by atoms with E-state index in [1.165, 1.54) is 22.5 Å². The number of pyridine rings is 1. The molecule has 1 aliphatic rings. The van der Waals surface area contributed by atoms with Crippen LogP contribution in [0.15, 0.2) is 66.0 Å². The molecule has 4 heterocycles. The molecule has 31 heavy (non-hydrogen) atoms. The van der Waals surface area contributed by atoms with Crippen LogP contribution in [0, 0.1) is 11.7 Å². The van der Waals surface area contributed by atoms with Gasteiger partial charge in [0.25, 0.3) is 0 Å². The van der Waals surface area contributed by atoms with Crippen LogP contribution in [0.1, 0.15) is 13.3 Å². The van der Waals surface area contributed by atoms with E-state index in [-0.39, 0.29) is 16.9 Å². The summed E-state index contributed by atoms with van der Waals surface area (Å²) in [6, 6.07) is 11.0. The number of fused-ring (bicyclic) bond motifs is 1. The Morgan fingerprint density at radius 3 is 2.87 bits per heavy atom. The van der Waals surface area contributed by atoms with Crippen LogP contribution in [0.5, 0.6) is 0 Å². The quantitative estimate of drug-likeness (QED) is 0.514. The molecule has 0 spiro atoms. The van der Waals surface area contributed by atoms with Gasteiger partial charge in [0.05, 0.1) is 27.8 Å².